The van der Waals surface area contributed by atoms with Gasteiger partial charge in [-0.05, 0) is 29.8 Å². The molecular formula is C9H6ClNO. The molecule has 0 aliphatic carbocycles. The van der Waals surface area contributed by atoms with Crippen molar-refractivity contribution in [3.05, 3.63) is 42.2 Å². The third-order valence-corrected chi connectivity index (χ3v) is 1.95. The number of nitrogens with zero attached hydrogens (tertiary/aromatic N) is 1. The molecule has 0 saturated heterocycles. The lowest BCUT2D eigenvalue weighted by Crippen LogP contribution is -1.82. The normalized spacial score (nSPS) is 10.4. The molecule has 2 nitrogen and oxygen atoms in total. The van der Waals surface area contributed by atoms with Gasteiger partial charge >= 0.3 is 0 Å². The van der Waals surface area contributed by atoms with Crippen LogP contribution >= 0.6 is 11.6 Å². The van der Waals surface area contributed by atoms with Gasteiger partial charge in [-0.25, -0.2) is 0 Å². The fraction of sp³-hybridized carbons (Fsp3) is 0. The molecule has 0 amide bonds. The maximum absolute atomic E-state index is 10.8. The van der Waals surface area contributed by atoms with Crippen molar-refractivity contribution in [3.63, 3.8) is 0 Å². The highest BCUT2D eigenvalue weighted by molar-refractivity contribution is 6.67. The van der Waals surface area contributed by atoms with E-state index < -0.39 is 5.24 Å². The Morgan fingerprint density at radius 3 is 2.92 bits per heavy atom. The van der Waals surface area contributed by atoms with Gasteiger partial charge in [0, 0.05) is 17.9 Å². The summed E-state index contributed by atoms with van der Waals surface area (Å²) in [5.41, 5.74) is 1.50. The smallest absolute Gasteiger partial charge is 0.253 e. The summed E-state index contributed by atoms with van der Waals surface area (Å²) >= 11 is 5.32. The molecule has 2 heterocycles. The van der Waals surface area contributed by atoms with Gasteiger partial charge in [0.25, 0.3) is 5.24 Å². The van der Waals surface area contributed by atoms with Crippen LogP contribution < -0.4 is 0 Å². The van der Waals surface area contributed by atoms with E-state index in [1.807, 2.05) is 28.8 Å². The molecule has 0 bridgehead atoms. The number of aromatic nitrogens is 1. The number of hydrogen-bond donors (Lipinski definition) is 0. The first kappa shape index (κ1) is 7.37. The molecule has 0 atom stereocenters. The second kappa shape index (κ2) is 2.64. The van der Waals surface area contributed by atoms with E-state index in [9.17, 15) is 4.79 Å². The van der Waals surface area contributed by atoms with Crippen LogP contribution in [-0.2, 0) is 0 Å². The number of pyridine rings is 1. The Hall–Kier alpha value is -1.28. The van der Waals surface area contributed by atoms with E-state index in [1.54, 1.807) is 12.3 Å². The Bertz CT molecular complexity index is 400. The fourth-order valence-electron chi connectivity index (χ4n) is 1.16. The molecule has 0 aliphatic rings. The topological polar surface area (TPSA) is 21.5 Å². The zero-order valence-electron chi connectivity index (χ0n) is 6.20. The van der Waals surface area contributed by atoms with Gasteiger partial charge in [-0.3, -0.25) is 4.79 Å². The largest absolute Gasteiger partial charge is 0.323 e. The molecule has 60 valence electrons. The summed E-state index contributed by atoms with van der Waals surface area (Å²) < 4.78 is 1.86. The lowest BCUT2D eigenvalue weighted by molar-refractivity contribution is 0.108. The minimum Gasteiger partial charge on any atom is -0.323 e. The third kappa shape index (κ3) is 1.10. The minimum atomic E-state index is -0.418. The predicted octanol–water partition coefficient (Wildman–Crippen LogP) is 2.32. The summed E-state index contributed by atoms with van der Waals surface area (Å²) in [6.07, 6.45) is 3.59. The molecule has 0 spiro atoms. The van der Waals surface area contributed by atoms with Gasteiger partial charge in [0.2, 0.25) is 0 Å². The number of rotatable bonds is 1. The summed E-state index contributed by atoms with van der Waals surface area (Å²) in [7, 11) is 0. The zero-order valence-corrected chi connectivity index (χ0v) is 6.95. The average molecular weight is 180 g/mol. The molecule has 0 fully saturated rings. The molecule has 0 aromatic carbocycles. The summed E-state index contributed by atoms with van der Waals surface area (Å²) in [6, 6.07) is 7.49. The van der Waals surface area contributed by atoms with E-state index in [1.165, 1.54) is 0 Å². The number of hydrogen-bond acceptors (Lipinski definition) is 1. The van der Waals surface area contributed by atoms with E-state index in [2.05, 4.69) is 0 Å². The van der Waals surface area contributed by atoms with Crippen molar-refractivity contribution in [3.8, 4) is 0 Å². The Morgan fingerprint density at radius 2 is 2.25 bits per heavy atom. The van der Waals surface area contributed by atoms with Crippen molar-refractivity contribution in [2.75, 3.05) is 0 Å². The average Bonchev–Trinajstić information content (AvgIpc) is 2.46. The number of fused-ring (bicyclic) bond motifs is 1. The Labute approximate surface area is 74.4 Å². The van der Waals surface area contributed by atoms with E-state index in [0.29, 0.717) is 5.56 Å². The van der Waals surface area contributed by atoms with E-state index >= 15 is 0 Å². The number of halogens is 1. The van der Waals surface area contributed by atoms with E-state index in [0.717, 1.165) is 5.52 Å². The quantitative estimate of drug-likeness (QED) is 0.616. The summed E-state index contributed by atoms with van der Waals surface area (Å²) in [5.74, 6) is 0. The van der Waals surface area contributed by atoms with Crippen LogP contribution in [-0.4, -0.2) is 9.64 Å². The number of carbonyl (C=O) groups is 1. The molecule has 0 saturated carbocycles. The first-order valence-corrected chi connectivity index (χ1v) is 3.92. The van der Waals surface area contributed by atoms with Crippen molar-refractivity contribution >= 4 is 22.4 Å². The Balaban J connectivity index is 2.70. The van der Waals surface area contributed by atoms with Gasteiger partial charge in [-0.1, -0.05) is 6.07 Å². The molecule has 0 aliphatic heterocycles. The molecule has 12 heavy (non-hydrogen) atoms. The minimum absolute atomic E-state index is 0.418. The SMILES string of the molecule is O=C(Cl)c1cc2ccccn2c1. The maximum Gasteiger partial charge on any atom is 0.253 e. The van der Waals surface area contributed by atoms with E-state index in [4.69, 9.17) is 11.6 Å². The standard InChI is InChI=1S/C9H6ClNO/c10-9(12)7-5-8-3-1-2-4-11(8)6-7/h1-6H. The van der Waals surface area contributed by atoms with Gasteiger partial charge in [-0.2, -0.15) is 0 Å². The lowest BCUT2D eigenvalue weighted by atomic mass is 10.3. The Kier molecular flexibility index (Phi) is 1.62. The summed E-state index contributed by atoms with van der Waals surface area (Å²) in [4.78, 5) is 10.8. The van der Waals surface area contributed by atoms with Crippen molar-refractivity contribution in [2.24, 2.45) is 0 Å². The fourth-order valence-corrected chi connectivity index (χ4v) is 1.27. The second-order valence-corrected chi connectivity index (χ2v) is 2.88. The zero-order chi connectivity index (χ0) is 8.55. The van der Waals surface area contributed by atoms with Crippen LogP contribution in [0.25, 0.3) is 5.52 Å². The molecule has 0 unspecified atom stereocenters. The van der Waals surface area contributed by atoms with Crippen molar-refractivity contribution in [1.82, 2.24) is 4.40 Å². The summed E-state index contributed by atoms with van der Waals surface area (Å²) in [5, 5.41) is -0.418. The second-order valence-electron chi connectivity index (χ2n) is 2.54. The summed E-state index contributed by atoms with van der Waals surface area (Å²) in [6.45, 7) is 0. The highest BCUT2D eigenvalue weighted by Gasteiger charge is 2.03. The highest BCUT2D eigenvalue weighted by Crippen LogP contribution is 2.11. The van der Waals surface area contributed by atoms with Gasteiger partial charge in [0.15, 0.2) is 0 Å². The van der Waals surface area contributed by atoms with E-state index in [-0.39, 0.29) is 0 Å². The van der Waals surface area contributed by atoms with Crippen LogP contribution in [0.1, 0.15) is 10.4 Å². The van der Waals surface area contributed by atoms with Gasteiger partial charge in [0.1, 0.15) is 0 Å². The molecule has 3 heteroatoms. The number of carbonyl (C=O) groups excluding carboxylic acids is 1. The monoisotopic (exact) mass is 179 g/mol. The molecule has 2 aromatic rings. The molecule has 0 N–H and O–H groups in total. The maximum atomic E-state index is 10.8. The first-order chi connectivity index (χ1) is 5.77. The van der Waals surface area contributed by atoms with Gasteiger partial charge in [-0.15, -0.1) is 0 Å². The lowest BCUT2D eigenvalue weighted by Gasteiger charge is -1.88. The highest BCUT2D eigenvalue weighted by atomic mass is 35.5. The van der Waals surface area contributed by atoms with Gasteiger partial charge in [0.05, 0.1) is 5.56 Å². The van der Waals surface area contributed by atoms with Crippen LogP contribution in [0.3, 0.4) is 0 Å². The molecule has 2 rings (SSSR count). The van der Waals surface area contributed by atoms with Crippen LogP contribution in [0.2, 0.25) is 0 Å². The molecule has 0 radical (unpaired) electrons. The molecular weight excluding hydrogens is 174 g/mol. The van der Waals surface area contributed by atoms with Crippen molar-refractivity contribution in [1.29, 1.82) is 0 Å². The van der Waals surface area contributed by atoms with Crippen molar-refractivity contribution < 1.29 is 4.79 Å². The van der Waals surface area contributed by atoms with Crippen LogP contribution in [0, 0.1) is 0 Å². The predicted molar refractivity (Wildman–Crippen MR) is 47.6 cm³/mol. The van der Waals surface area contributed by atoms with Crippen molar-refractivity contribution in [2.45, 2.75) is 0 Å². The van der Waals surface area contributed by atoms with Crippen LogP contribution in [0.15, 0.2) is 36.7 Å². The van der Waals surface area contributed by atoms with Gasteiger partial charge < -0.3 is 4.40 Å². The third-order valence-electron chi connectivity index (χ3n) is 1.73. The van der Waals surface area contributed by atoms with Crippen LogP contribution in [0.4, 0.5) is 0 Å². The first-order valence-electron chi connectivity index (χ1n) is 3.54. The Morgan fingerprint density at radius 1 is 1.42 bits per heavy atom. The van der Waals surface area contributed by atoms with Crippen LogP contribution in [0.5, 0.6) is 0 Å². The molecule has 2 aromatic heterocycles.